The molecule has 0 aromatic carbocycles. The van der Waals surface area contributed by atoms with Gasteiger partial charge in [0.15, 0.2) is 4.90 Å². The van der Waals surface area contributed by atoms with E-state index in [-0.39, 0.29) is 46.6 Å². The first-order valence-corrected chi connectivity index (χ1v) is 12.7. The minimum absolute atomic E-state index is 0.0177. The molecule has 0 aliphatic carbocycles. The van der Waals surface area contributed by atoms with E-state index in [4.69, 9.17) is 4.74 Å². The third kappa shape index (κ3) is 5.72. The molecule has 2 aromatic heterocycles. The number of carbonyl (C=O) groups is 1. The molecule has 194 valence electrons. The monoisotopic (exact) mass is 514 g/mol. The average Bonchev–Trinajstić information content (AvgIpc) is 3.16. The Morgan fingerprint density at radius 3 is 2.46 bits per heavy atom. The lowest BCUT2D eigenvalue weighted by Gasteiger charge is -2.29. The Morgan fingerprint density at radius 2 is 1.91 bits per heavy atom. The summed E-state index contributed by atoms with van der Waals surface area (Å²) in [5.74, 6) is -3.69. The number of ether oxygens (including phenoxy) is 1. The highest BCUT2D eigenvalue weighted by molar-refractivity contribution is 7.90. The first-order chi connectivity index (χ1) is 16.1. The van der Waals surface area contributed by atoms with Gasteiger partial charge in [-0.1, -0.05) is 27.7 Å². The van der Waals surface area contributed by atoms with Gasteiger partial charge in [-0.15, -0.1) is 0 Å². The number of hydrogen-bond acceptors (Lipinski definition) is 7. The summed E-state index contributed by atoms with van der Waals surface area (Å²) >= 11 is 0. The second-order valence-electron chi connectivity index (χ2n) is 9.54. The van der Waals surface area contributed by atoms with Crippen LogP contribution in [0.25, 0.3) is 0 Å². The fourth-order valence-electron chi connectivity index (χ4n) is 3.69. The van der Waals surface area contributed by atoms with E-state index in [2.05, 4.69) is 15.4 Å². The fraction of sp³-hybridized carbons (Fsp3) is 0.591. The van der Waals surface area contributed by atoms with Crippen molar-refractivity contribution >= 4 is 21.7 Å². The van der Waals surface area contributed by atoms with Gasteiger partial charge in [0.05, 0.1) is 30.2 Å². The van der Waals surface area contributed by atoms with Crippen molar-refractivity contribution in [2.24, 2.45) is 0 Å². The largest absolute Gasteiger partial charge is 0.475 e. The van der Waals surface area contributed by atoms with Crippen LogP contribution < -0.4 is 14.8 Å². The summed E-state index contributed by atoms with van der Waals surface area (Å²) in [5, 5.41) is 6.62. The number of halogens is 2. The highest BCUT2D eigenvalue weighted by Crippen LogP contribution is 2.36. The maximum absolute atomic E-state index is 14.1. The van der Waals surface area contributed by atoms with Crippen LogP contribution in [0.2, 0.25) is 0 Å². The molecule has 10 nitrogen and oxygen atoms in total. The summed E-state index contributed by atoms with van der Waals surface area (Å²) in [4.78, 5) is 18.6. The van der Waals surface area contributed by atoms with Crippen LogP contribution in [0.3, 0.4) is 0 Å². The number of pyridine rings is 1. The third-order valence-electron chi connectivity index (χ3n) is 5.74. The number of hydrogen-bond donors (Lipinski definition) is 2. The predicted octanol–water partition coefficient (Wildman–Crippen LogP) is 3.47. The number of fused-ring (bicyclic) bond motifs is 1. The van der Waals surface area contributed by atoms with Crippen molar-refractivity contribution in [2.45, 2.75) is 69.9 Å². The molecular formula is C22H32F2N6O4S. The van der Waals surface area contributed by atoms with Gasteiger partial charge in [0.1, 0.15) is 12.3 Å². The molecule has 1 unspecified atom stereocenters. The molecule has 1 aliphatic heterocycles. The average molecular weight is 515 g/mol. The summed E-state index contributed by atoms with van der Waals surface area (Å²) in [5.41, 5.74) is 0.455. The number of amides is 2. The Labute approximate surface area is 204 Å². The second-order valence-corrected chi connectivity index (χ2v) is 11.2. The van der Waals surface area contributed by atoms with Gasteiger partial charge in [-0.05, 0) is 37.6 Å². The molecule has 2 N–H and O–H groups in total. The molecule has 3 heterocycles. The number of rotatable bonds is 7. The van der Waals surface area contributed by atoms with Crippen LogP contribution >= 0.6 is 0 Å². The van der Waals surface area contributed by atoms with Gasteiger partial charge in [-0.2, -0.15) is 13.9 Å². The van der Waals surface area contributed by atoms with Crippen LogP contribution in [0.4, 0.5) is 19.3 Å². The van der Waals surface area contributed by atoms with Crippen LogP contribution in [0.5, 0.6) is 5.88 Å². The lowest BCUT2D eigenvalue weighted by molar-refractivity contribution is 0.0124. The zero-order valence-electron chi connectivity index (χ0n) is 20.9. The van der Waals surface area contributed by atoms with Crippen molar-refractivity contribution in [1.29, 1.82) is 0 Å². The second kappa shape index (κ2) is 9.69. The Bertz CT molecular complexity index is 1180. The molecule has 0 spiro atoms. The van der Waals surface area contributed by atoms with Crippen molar-refractivity contribution in [1.82, 2.24) is 24.4 Å². The molecule has 0 fully saturated rings. The molecule has 0 saturated heterocycles. The summed E-state index contributed by atoms with van der Waals surface area (Å²) < 4.78 is 63.1. The fourth-order valence-corrected chi connectivity index (χ4v) is 4.68. The molecule has 2 aromatic rings. The van der Waals surface area contributed by atoms with Crippen molar-refractivity contribution in [3.05, 3.63) is 29.2 Å². The zero-order valence-corrected chi connectivity index (χ0v) is 21.7. The highest BCUT2D eigenvalue weighted by Gasteiger charge is 2.33. The Morgan fingerprint density at radius 1 is 1.26 bits per heavy atom. The molecule has 2 amide bonds. The summed E-state index contributed by atoms with van der Waals surface area (Å²) in [6.45, 7) is 8.53. The molecule has 1 aliphatic rings. The minimum atomic E-state index is -4.34. The van der Waals surface area contributed by atoms with Crippen LogP contribution in [0.15, 0.2) is 17.2 Å². The number of nitrogens with zero attached hydrogens (tertiary/aromatic N) is 4. The van der Waals surface area contributed by atoms with Gasteiger partial charge >= 0.3 is 6.03 Å². The van der Waals surface area contributed by atoms with Crippen LogP contribution in [-0.4, -0.2) is 60.9 Å². The number of nitrogens with one attached hydrogen (secondary N) is 2. The lowest BCUT2D eigenvalue weighted by atomic mass is 9.95. The number of likely N-dealkylation sites (N-methyl/N-ethyl adjacent to an activating group) is 1. The Hall–Kier alpha value is -2.80. The first-order valence-electron chi connectivity index (χ1n) is 11.2. The van der Waals surface area contributed by atoms with E-state index >= 15 is 0 Å². The number of urea groups is 1. The lowest BCUT2D eigenvalue weighted by Crippen LogP contribution is -2.41. The van der Waals surface area contributed by atoms with E-state index in [0.717, 1.165) is 13.1 Å². The molecule has 1 atom stereocenters. The van der Waals surface area contributed by atoms with E-state index in [0.29, 0.717) is 12.1 Å². The molecule has 0 radical (unpaired) electrons. The van der Waals surface area contributed by atoms with E-state index in [1.54, 1.807) is 27.7 Å². The van der Waals surface area contributed by atoms with E-state index in [1.165, 1.54) is 10.7 Å². The van der Waals surface area contributed by atoms with Gasteiger partial charge in [-0.3, -0.25) is 0 Å². The number of anilines is 1. The SMILES string of the molecule is CC(C)c1cc(C(C)(F)F)nc(C(C)C)c1NC(=O)NS(=O)(=O)c1cnn2c1OCC(N(C)C)C2. The molecule has 35 heavy (non-hydrogen) atoms. The number of sulfonamides is 1. The quantitative estimate of drug-likeness (QED) is 0.581. The third-order valence-corrected chi connectivity index (χ3v) is 7.05. The van der Waals surface area contributed by atoms with E-state index in [1.807, 2.05) is 23.7 Å². The first kappa shape index (κ1) is 26.8. The topological polar surface area (TPSA) is 118 Å². The van der Waals surface area contributed by atoms with E-state index < -0.39 is 27.7 Å². The molecular weight excluding hydrogens is 482 g/mol. The number of alkyl halides is 2. The van der Waals surface area contributed by atoms with Crippen LogP contribution in [0, 0.1) is 0 Å². The zero-order chi connectivity index (χ0) is 26.3. The van der Waals surface area contributed by atoms with Gasteiger partial charge < -0.3 is 15.0 Å². The molecule has 13 heteroatoms. The van der Waals surface area contributed by atoms with Crippen molar-refractivity contribution in [3.63, 3.8) is 0 Å². The molecule has 0 bridgehead atoms. The smallest absolute Gasteiger partial charge is 0.333 e. The maximum Gasteiger partial charge on any atom is 0.333 e. The minimum Gasteiger partial charge on any atom is -0.475 e. The maximum atomic E-state index is 14.1. The van der Waals surface area contributed by atoms with Crippen molar-refractivity contribution < 1.29 is 26.7 Å². The number of carbonyl (C=O) groups excluding carboxylic acids is 1. The number of aromatic nitrogens is 3. The summed E-state index contributed by atoms with van der Waals surface area (Å²) in [6, 6.07) is 0.210. The molecule has 3 rings (SSSR count). The standard InChI is InChI=1S/C22H32F2N6O4S/c1-12(2)15-8-17(22(5,23)24)26-18(13(3)4)19(15)27-21(31)28-35(32,33)16-9-25-30-10-14(29(6)7)11-34-20(16)30/h8-9,12-14H,10-11H2,1-7H3,(H2,27,28,31). The van der Waals surface area contributed by atoms with E-state index in [9.17, 15) is 22.0 Å². The normalized spacial score (nSPS) is 16.4. The molecule has 0 saturated carbocycles. The Balaban J connectivity index is 1.90. The van der Waals surface area contributed by atoms with Crippen molar-refractivity contribution in [2.75, 3.05) is 26.0 Å². The Kier molecular flexibility index (Phi) is 7.42. The predicted molar refractivity (Wildman–Crippen MR) is 127 cm³/mol. The van der Waals surface area contributed by atoms with Gasteiger partial charge in [0, 0.05) is 6.92 Å². The van der Waals surface area contributed by atoms with Gasteiger partial charge in [-0.25, -0.2) is 27.6 Å². The van der Waals surface area contributed by atoms with Gasteiger partial charge in [0.2, 0.25) is 5.88 Å². The highest BCUT2D eigenvalue weighted by atomic mass is 32.2. The van der Waals surface area contributed by atoms with Crippen molar-refractivity contribution in [3.8, 4) is 5.88 Å². The van der Waals surface area contributed by atoms with Gasteiger partial charge in [0.25, 0.3) is 15.9 Å². The summed E-state index contributed by atoms with van der Waals surface area (Å²) in [7, 11) is -0.576. The summed E-state index contributed by atoms with van der Waals surface area (Å²) in [6.07, 6.45) is 1.13. The van der Waals surface area contributed by atoms with Crippen LogP contribution in [0.1, 0.15) is 63.4 Å². The van der Waals surface area contributed by atoms with Crippen LogP contribution in [-0.2, 0) is 22.5 Å².